The number of nitrogens with zero attached hydrogens (tertiary/aromatic N) is 1. The van der Waals surface area contributed by atoms with E-state index in [0.717, 1.165) is 25.8 Å². The lowest BCUT2D eigenvalue weighted by Crippen LogP contribution is -2.30. The van der Waals surface area contributed by atoms with E-state index < -0.39 is 5.97 Å². The number of carbonyl (C=O) groups excluding carboxylic acids is 1. The van der Waals surface area contributed by atoms with E-state index in [1.54, 1.807) is 17.0 Å². The van der Waals surface area contributed by atoms with Crippen LogP contribution < -0.4 is 4.74 Å². The van der Waals surface area contributed by atoms with Crippen molar-refractivity contribution in [2.24, 2.45) is 0 Å². The van der Waals surface area contributed by atoms with Gasteiger partial charge < -0.3 is 4.74 Å². The van der Waals surface area contributed by atoms with E-state index in [2.05, 4.69) is 10.7 Å². The Hall–Kier alpha value is -1.76. The van der Waals surface area contributed by atoms with Crippen LogP contribution in [-0.2, 0) is 11.3 Å². The fraction of sp³-hybridized carbons (Fsp3) is 0.455. The van der Waals surface area contributed by atoms with E-state index in [1.807, 2.05) is 0 Å². The van der Waals surface area contributed by atoms with E-state index in [0.29, 0.717) is 0 Å². The van der Waals surface area contributed by atoms with Crippen molar-refractivity contribution in [2.75, 3.05) is 7.11 Å². The Labute approximate surface area is 88.8 Å². The first-order valence-corrected chi connectivity index (χ1v) is 4.79. The van der Waals surface area contributed by atoms with Crippen LogP contribution in [0.25, 0.3) is 0 Å². The third-order valence-corrected chi connectivity index (χ3v) is 1.94. The number of esters is 1. The second-order valence-corrected chi connectivity index (χ2v) is 3.06. The SMILES string of the molecule is C#CCCCC[n+]1ccc(C(=O)OC)o1. The standard InChI is InChI=1S/C11H14NO3/c1-3-4-5-6-8-12-9-7-10(15-12)11(13)14-2/h1,7,9H,4-6,8H2,2H3/q+1. The average molecular weight is 208 g/mol. The van der Waals surface area contributed by atoms with Crippen molar-refractivity contribution in [1.82, 2.24) is 0 Å². The Morgan fingerprint density at radius 1 is 1.67 bits per heavy atom. The number of aryl methyl sites for hydroxylation is 1. The molecule has 0 unspecified atom stereocenters. The van der Waals surface area contributed by atoms with Gasteiger partial charge in [0.15, 0.2) is 6.54 Å². The minimum Gasteiger partial charge on any atom is -0.463 e. The first-order chi connectivity index (χ1) is 7.27. The highest BCUT2D eigenvalue weighted by Crippen LogP contribution is 1.99. The predicted molar refractivity (Wildman–Crippen MR) is 52.9 cm³/mol. The van der Waals surface area contributed by atoms with Crippen molar-refractivity contribution < 1.29 is 18.8 Å². The molecule has 80 valence electrons. The summed E-state index contributed by atoms with van der Waals surface area (Å²) in [6, 6.07) is 1.59. The highest BCUT2D eigenvalue weighted by Gasteiger charge is 2.16. The number of ether oxygens (including phenoxy) is 1. The molecule has 0 radical (unpaired) electrons. The zero-order valence-electron chi connectivity index (χ0n) is 8.73. The molecule has 0 fully saturated rings. The zero-order chi connectivity index (χ0) is 11.1. The van der Waals surface area contributed by atoms with Crippen LogP contribution in [0.2, 0.25) is 0 Å². The summed E-state index contributed by atoms with van der Waals surface area (Å²) >= 11 is 0. The van der Waals surface area contributed by atoms with Crippen LogP contribution in [0.3, 0.4) is 0 Å². The summed E-state index contributed by atoms with van der Waals surface area (Å²) in [6.07, 6.45) is 9.50. The van der Waals surface area contributed by atoms with Gasteiger partial charge in [0.25, 0.3) is 5.76 Å². The second-order valence-electron chi connectivity index (χ2n) is 3.06. The summed E-state index contributed by atoms with van der Waals surface area (Å²) in [4.78, 5) is 11.0. The Morgan fingerprint density at radius 2 is 2.47 bits per heavy atom. The average Bonchev–Trinajstić information content (AvgIpc) is 2.72. The van der Waals surface area contributed by atoms with Gasteiger partial charge in [0, 0.05) is 12.8 Å². The molecule has 0 saturated heterocycles. The number of aromatic nitrogens is 1. The monoisotopic (exact) mass is 208 g/mol. The normalized spacial score (nSPS) is 9.60. The molecule has 0 aliphatic rings. The Balaban J connectivity index is 2.40. The molecule has 0 N–H and O–H groups in total. The zero-order valence-corrected chi connectivity index (χ0v) is 8.73. The minimum absolute atomic E-state index is 0.217. The third kappa shape index (κ3) is 3.47. The molecule has 15 heavy (non-hydrogen) atoms. The molecule has 4 heteroatoms. The summed E-state index contributed by atoms with van der Waals surface area (Å²) in [5, 5.41) is 0. The van der Waals surface area contributed by atoms with E-state index in [-0.39, 0.29) is 5.76 Å². The fourth-order valence-electron chi connectivity index (χ4n) is 1.16. The van der Waals surface area contributed by atoms with Gasteiger partial charge in [-0.1, -0.05) is 0 Å². The van der Waals surface area contributed by atoms with Crippen LogP contribution in [0.4, 0.5) is 0 Å². The molecule has 0 bridgehead atoms. The lowest BCUT2D eigenvalue weighted by molar-refractivity contribution is -0.864. The molecule has 0 atom stereocenters. The largest absolute Gasteiger partial charge is 0.463 e. The maximum absolute atomic E-state index is 11.0. The number of rotatable bonds is 5. The topological polar surface area (TPSA) is 43.3 Å². The van der Waals surface area contributed by atoms with Gasteiger partial charge in [0.1, 0.15) is 0 Å². The van der Waals surface area contributed by atoms with E-state index in [9.17, 15) is 4.79 Å². The van der Waals surface area contributed by atoms with Crippen LogP contribution in [-0.4, -0.2) is 13.1 Å². The summed E-state index contributed by atoms with van der Waals surface area (Å²) in [5.74, 6) is 2.33. The van der Waals surface area contributed by atoms with Crippen LogP contribution >= 0.6 is 0 Å². The maximum Gasteiger partial charge on any atom is 0.381 e. The Kier molecular flexibility index (Phi) is 4.42. The maximum atomic E-state index is 11.0. The molecule has 0 saturated carbocycles. The van der Waals surface area contributed by atoms with Crippen LogP contribution in [0.5, 0.6) is 0 Å². The number of unbranched alkanes of at least 4 members (excludes halogenated alkanes) is 2. The van der Waals surface area contributed by atoms with Gasteiger partial charge in [-0.05, 0) is 11.2 Å². The van der Waals surface area contributed by atoms with Crippen molar-refractivity contribution in [3.63, 3.8) is 0 Å². The van der Waals surface area contributed by atoms with Crippen molar-refractivity contribution in [1.29, 1.82) is 0 Å². The number of hydrogen-bond acceptors (Lipinski definition) is 3. The first-order valence-electron chi connectivity index (χ1n) is 4.79. The Bertz CT molecular complexity index is 362. The first kappa shape index (κ1) is 11.3. The molecule has 1 heterocycles. The molecule has 0 amide bonds. The highest BCUT2D eigenvalue weighted by molar-refractivity contribution is 5.85. The smallest absolute Gasteiger partial charge is 0.381 e. The molecule has 1 aromatic rings. The van der Waals surface area contributed by atoms with E-state index in [4.69, 9.17) is 10.9 Å². The number of terminal acetylenes is 1. The van der Waals surface area contributed by atoms with Gasteiger partial charge in [-0.15, -0.1) is 12.3 Å². The predicted octanol–water partition coefficient (Wildman–Crippen LogP) is 1.16. The van der Waals surface area contributed by atoms with Gasteiger partial charge in [0.2, 0.25) is 6.20 Å². The summed E-state index contributed by atoms with van der Waals surface area (Å²) < 4.78 is 11.3. The second kappa shape index (κ2) is 5.86. The van der Waals surface area contributed by atoms with Crippen LogP contribution in [0.15, 0.2) is 16.8 Å². The molecule has 0 aromatic carbocycles. The van der Waals surface area contributed by atoms with Gasteiger partial charge in [-0.3, -0.25) is 0 Å². The van der Waals surface area contributed by atoms with Gasteiger partial charge in [-0.2, -0.15) is 0 Å². The minimum atomic E-state index is -0.461. The third-order valence-electron chi connectivity index (χ3n) is 1.94. The van der Waals surface area contributed by atoms with Crippen LogP contribution in [0.1, 0.15) is 29.8 Å². The molecule has 0 aliphatic heterocycles. The molecule has 4 nitrogen and oxygen atoms in total. The summed E-state index contributed by atoms with van der Waals surface area (Å²) in [7, 11) is 1.32. The number of methoxy groups -OCH3 is 1. The van der Waals surface area contributed by atoms with Crippen molar-refractivity contribution >= 4 is 5.97 Å². The van der Waals surface area contributed by atoms with Crippen molar-refractivity contribution in [2.45, 2.75) is 25.8 Å². The van der Waals surface area contributed by atoms with Gasteiger partial charge in [-0.25, -0.2) is 9.32 Å². The van der Waals surface area contributed by atoms with Crippen molar-refractivity contribution in [3.05, 3.63) is 18.0 Å². The molecule has 0 aliphatic carbocycles. The number of hydrogen-bond donors (Lipinski definition) is 0. The molecular formula is C11H14NO3+. The van der Waals surface area contributed by atoms with Gasteiger partial charge >= 0.3 is 5.97 Å². The van der Waals surface area contributed by atoms with Crippen LogP contribution in [0, 0.1) is 12.3 Å². The lowest BCUT2D eigenvalue weighted by atomic mass is 10.2. The number of carbonyl (C=O) groups is 1. The quantitative estimate of drug-likeness (QED) is 0.315. The lowest BCUT2D eigenvalue weighted by Gasteiger charge is -1.90. The molecule has 1 rings (SSSR count). The summed E-state index contributed by atoms with van der Waals surface area (Å²) in [5.41, 5.74) is 0. The van der Waals surface area contributed by atoms with E-state index in [1.165, 1.54) is 7.11 Å². The Morgan fingerprint density at radius 3 is 3.13 bits per heavy atom. The molecule has 0 spiro atoms. The fourth-order valence-corrected chi connectivity index (χ4v) is 1.16. The molecule has 1 aromatic heterocycles. The summed E-state index contributed by atoms with van der Waals surface area (Å²) in [6.45, 7) is 0.721. The van der Waals surface area contributed by atoms with Gasteiger partial charge in [0.05, 0.1) is 13.2 Å². The van der Waals surface area contributed by atoms with E-state index >= 15 is 0 Å². The highest BCUT2D eigenvalue weighted by atomic mass is 16.6. The molecular weight excluding hydrogens is 194 g/mol. The van der Waals surface area contributed by atoms with Crippen molar-refractivity contribution in [3.8, 4) is 12.3 Å².